The SMILES string of the molecule is COc1ccc(C(CC(C)=O)C2C(=O)N(c3ccccc3)N(c3ccccc3)C2=O)cc1. The van der Waals surface area contributed by atoms with E-state index in [1.807, 2.05) is 48.5 Å². The third-order valence-corrected chi connectivity index (χ3v) is 5.60. The highest BCUT2D eigenvalue weighted by Gasteiger charge is 2.51. The Labute approximate surface area is 187 Å². The number of amides is 2. The van der Waals surface area contributed by atoms with Gasteiger partial charge in [-0.05, 0) is 48.9 Å². The molecule has 0 aliphatic carbocycles. The maximum Gasteiger partial charge on any atom is 0.259 e. The summed E-state index contributed by atoms with van der Waals surface area (Å²) < 4.78 is 5.23. The van der Waals surface area contributed by atoms with Crippen LogP contribution in [-0.4, -0.2) is 24.7 Å². The first kappa shape index (κ1) is 21.3. The second-order valence-corrected chi connectivity index (χ2v) is 7.73. The summed E-state index contributed by atoms with van der Waals surface area (Å²) in [5.41, 5.74) is 1.93. The van der Waals surface area contributed by atoms with Crippen LogP contribution in [-0.2, 0) is 14.4 Å². The van der Waals surface area contributed by atoms with Crippen LogP contribution < -0.4 is 14.8 Å². The molecule has 1 saturated heterocycles. The molecule has 1 fully saturated rings. The summed E-state index contributed by atoms with van der Waals surface area (Å²) in [5, 5.41) is 2.83. The molecule has 0 aromatic heterocycles. The maximum absolute atomic E-state index is 13.7. The van der Waals surface area contributed by atoms with Gasteiger partial charge >= 0.3 is 0 Å². The van der Waals surface area contributed by atoms with Crippen LogP contribution in [0.4, 0.5) is 11.4 Å². The summed E-state index contributed by atoms with van der Waals surface area (Å²) in [4.78, 5) is 39.6. The molecule has 3 aromatic rings. The summed E-state index contributed by atoms with van der Waals surface area (Å²) in [7, 11) is 1.57. The number of ether oxygens (including phenoxy) is 1. The van der Waals surface area contributed by atoms with Gasteiger partial charge in [-0.25, -0.2) is 10.0 Å². The van der Waals surface area contributed by atoms with Crippen LogP contribution in [0, 0.1) is 5.92 Å². The molecule has 0 N–H and O–H groups in total. The van der Waals surface area contributed by atoms with E-state index in [0.29, 0.717) is 17.1 Å². The van der Waals surface area contributed by atoms with Crippen molar-refractivity contribution in [2.24, 2.45) is 5.92 Å². The van der Waals surface area contributed by atoms with Gasteiger partial charge in [0.15, 0.2) is 0 Å². The van der Waals surface area contributed by atoms with Crippen molar-refractivity contribution in [2.45, 2.75) is 19.3 Å². The minimum atomic E-state index is -1.02. The number of benzene rings is 3. The van der Waals surface area contributed by atoms with Crippen molar-refractivity contribution in [3.05, 3.63) is 90.5 Å². The molecule has 6 nitrogen and oxygen atoms in total. The number of Topliss-reactive ketones (excluding diaryl/α,β-unsaturated/α-hetero) is 1. The van der Waals surface area contributed by atoms with Crippen molar-refractivity contribution in [2.75, 3.05) is 17.1 Å². The lowest BCUT2D eigenvalue weighted by atomic mass is 9.82. The first-order valence-electron chi connectivity index (χ1n) is 10.4. The van der Waals surface area contributed by atoms with E-state index < -0.39 is 11.8 Å². The van der Waals surface area contributed by atoms with E-state index in [9.17, 15) is 14.4 Å². The van der Waals surface area contributed by atoms with Crippen LogP contribution >= 0.6 is 0 Å². The van der Waals surface area contributed by atoms with E-state index in [1.165, 1.54) is 16.9 Å². The Morgan fingerprint density at radius 2 is 1.28 bits per heavy atom. The fraction of sp³-hybridized carbons (Fsp3) is 0.192. The normalized spacial score (nSPS) is 15.2. The van der Waals surface area contributed by atoms with Gasteiger partial charge in [-0.15, -0.1) is 0 Å². The minimum Gasteiger partial charge on any atom is -0.497 e. The molecule has 2 amide bonds. The lowest BCUT2D eigenvalue weighted by Crippen LogP contribution is -2.41. The number of carbonyl (C=O) groups excluding carboxylic acids is 3. The molecule has 32 heavy (non-hydrogen) atoms. The number of hydrogen-bond acceptors (Lipinski definition) is 4. The second-order valence-electron chi connectivity index (χ2n) is 7.73. The summed E-state index contributed by atoms with van der Waals surface area (Å²) in [6.45, 7) is 1.48. The fourth-order valence-corrected chi connectivity index (χ4v) is 4.12. The number of methoxy groups -OCH3 is 1. The van der Waals surface area contributed by atoms with Crippen molar-refractivity contribution < 1.29 is 19.1 Å². The van der Waals surface area contributed by atoms with Crippen molar-refractivity contribution in [1.82, 2.24) is 0 Å². The van der Waals surface area contributed by atoms with Crippen LogP contribution in [0.3, 0.4) is 0 Å². The van der Waals surface area contributed by atoms with E-state index in [0.717, 1.165) is 5.56 Å². The van der Waals surface area contributed by atoms with Crippen LogP contribution in [0.5, 0.6) is 5.75 Å². The summed E-state index contributed by atoms with van der Waals surface area (Å²) in [6.07, 6.45) is 0.0831. The Hall–Kier alpha value is -3.93. The second kappa shape index (κ2) is 9.06. The fourth-order valence-electron chi connectivity index (χ4n) is 4.12. The molecule has 3 aromatic carbocycles. The first-order valence-corrected chi connectivity index (χ1v) is 10.4. The van der Waals surface area contributed by atoms with Crippen molar-refractivity contribution in [1.29, 1.82) is 0 Å². The summed E-state index contributed by atoms with van der Waals surface area (Å²) in [5.74, 6) is -1.74. The number of rotatable bonds is 7. The predicted octanol–water partition coefficient (Wildman–Crippen LogP) is 4.37. The predicted molar refractivity (Wildman–Crippen MR) is 122 cm³/mol. The molecule has 0 spiro atoms. The smallest absolute Gasteiger partial charge is 0.259 e. The molecule has 162 valence electrons. The Morgan fingerprint density at radius 3 is 1.69 bits per heavy atom. The number of ketones is 1. The number of para-hydroxylation sites is 2. The number of nitrogens with zero attached hydrogens (tertiary/aromatic N) is 2. The first-order chi connectivity index (χ1) is 15.5. The van der Waals surface area contributed by atoms with E-state index in [-0.39, 0.29) is 24.0 Å². The molecule has 1 unspecified atom stereocenters. The third-order valence-electron chi connectivity index (χ3n) is 5.60. The minimum absolute atomic E-state index is 0.0831. The highest BCUT2D eigenvalue weighted by Crippen LogP contribution is 2.40. The zero-order valence-electron chi connectivity index (χ0n) is 18.0. The topological polar surface area (TPSA) is 66.9 Å². The Morgan fingerprint density at radius 1 is 0.812 bits per heavy atom. The van der Waals surface area contributed by atoms with Crippen LogP contribution in [0.2, 0.25) is 0 Å². The van der Waals surface area contributed by atoms with Crippen LogP contribution in [0.15, 0.2) is 84.9 Å². The number of hydrogen-bond donors (Lipinski definition) is 0. The monoisotopic (exact) mass is 428 g/mol. The molecule has 1 atom stereocenters. The van der Waals surface area contributed by atoms with E-state index in [4.69, 9.17) is 4.74 Å². The quantitative estimate of drug-likeness (QED) is 0.524. The van der Waals surface area contributed by atoms with E-state index in [2.05, 4.69) is 0 Å². The van der Waals surface area contributed by atoms with E-state index in [1.54, 1.807) is 43.5 Å². The van der Waals surface area contributed by atoms with Gasteiger partial charge in [0.05, 0.1) is 18.5 Å². The lowest BCUT2D eigenvalue weighted by Gasteiger charge is -2.27. The van der Waals surface area contributed by atoms with Gasteiger partial charge in [-0.3, -0.25) is 9.59 Å². The van der Waals surface area contributed by atoms with Gasteiger partial charge in [-0.1, -0.05) is 48.5 Å². The van der Waals surface area contributed by atoms with Gasteiger partial charge in [0.1, 0.15) is 17.5 Å². The average molecular weight is 428 g/mol. The van der Waals surface area contributed by atoms with Crippen LogP contribution in [0.1, 0.15) is 24.8 Å². The van der Waals surface area contributed by atoms with Crippen molar-refractivity contribution in [3.63, 3.8) is 0 Å². The zero-order valence-corrected chi connectivity index (χ0v) is 18.0. The molecule has 0 bridgehead atoms. The highest BCUT2D eigenvalue weighted by atomic mass is 16.5. The van der Waals surface area contributed by atoms with Crippen LogP contribution in [0.25, 0.3) is 0 Å². The Kier molecular flexibility index (Phi) is 6.03. The number of carbonyl (C=O) groups is 3. The Bertz CT molecular complexity index is 1060. The molecule has 1 aliphatic heterocycles. The van der Waals surface area contributed by atoms with Gasteiger partial charge in [0.25, 0.3) is 11.8 Å². The van der Waals surface area contributed by atoms with Gasteiger partial charge in [-0.2, -0.15) is 0 Å². The highest BCUT2D eigenvalue weighted by molar-refractivity contribution is 6.23. The zero-order chi connectivity index (χ0) is 22.7. The summed E-state index contributed by atoms with van der Waals surface area (Å²) >= 11 is 0. The number of hydrazine groups is 1. The largest absolute Gasteiger partial charge is 0.497 e. The number of anilines is 2. The van der Waals surface area contributed by atoms with Gasteiger partial charge < -0.3 is 9.53 Å². The molecule has 1 heterocycles. The average Bonchev–Trinajstić information content (AvgIpc) is 3.08. The molecule has 0 saturated carbocycles. The standard InChI is InChI=1S/C26H24N2O4/c1-18(29)17-23(19-13-15-22(32-2)16-14-19)24-25(30)27(20-9-5-3-6-10-20)28(26(24)31)21-11-7-4-8-12-21/h3-16,23-24H,17H2,1-2H3. The Balaban J connectivity index is 1.81. The molecular weight excluding hydrogens is 404 g/mol. The molecule has 1 aliphatic rings. The molecular formula is C26H24N2O4. The van der Waals surface area contributed by atoms with Gasteiger partial charge in [0, 0.05) is 12.3 Å². The third kappa shape index (κ3) is 3.99. The lowest BCUT2D eigenvalue weighted by molar-refractivity contribution is -0.128. The van der Waals surface area contributed by atoms with Gasteiger partial charge in [0.2, 0.25) is 0 Å². The molecule has 0 radical (unpaired) electrons. The maximum atomic E-state index is 13.7. The van der Waals surface area contributed by atoms with Crippen molar-refractivity contribution in [3.8, 4) is 5.75 Å². The van der Waals surface area contributed by atoms with Crippen molar-refractivity contribution >= 4 is 29.0 Å². The van der Waals surface area contributed by atoms with E-state index >= 15 is 0 Å². The molecule has 6 heteroatoms. The molecule has 4 rings (SSSR count). The summed E-state index contributed by atoms with van der Waals surface area (Å²) in [6, 6.07) is 25.3.